The molecule has 0 saturated carbocycles. The van der Waals surface area contributed by atoms with Crippen LogP contribution in [0.2, 0.25) is 0 Å². The van der Waals surface area contributed by atoms with Crippen LogP contribution < -0.4 is 10.5 Å². The predicted molar refractivity (Wildman–Crippen MR) is 69.0 cm³/mol. The van der Waals surface area contributed by atoms with Gasteiger partial charge in [-0.05, 0) is 30.3 Å². The fourth-order valence-corrected chi connectivity index (χ4v) is 1.57. The van der Waals surface area contributed by atoms with Crippen LogP contribution in [0.3, 0.4) is 0 Å². The summed E-state index contributed by atoms with van der Waals surface area (Å²) in [7, 11) is 0. The Morgan fingerprint density at radius 1 is 1.28 bits per heavy atom. The lowest BCUT2D eigenvalue weighted by Crippen LogP contribution is -2.04. The molecule has 2 N–H and O–H groups in total. The van der Waals surface area contributed by atoms with Crippen molar-refractivity contribution in [3.05, 3.63) is 53.9 Å². The van der Waals surface area contributed by atoms with Crippen molar-refractivity contribution in [3.63, 3.8) is 0 Å². The van der Waals surface area contributed by atoms with Crippen LogP contribution in [0, 0.1) is 11.3 Å². The van der Waals surface area contributed by atoms with Gasteiger partial charge < -0.3 is 10.5 Å². The van der Waals surface area contributed by atoms with Crippen molar-refractivity contribution >= 4 is 5.69 Å². The van der Waals surface area contributed by atoms with Crippen molar-refractivity contribution in [3.8, 4) is 11.8 Å². The highest BCUT2D eigenvalue weighted by Gasteiger charge is 2.03. The largest absolute Gasteiger partial charge is 0.492 e. The Morgan fingerprint density at radius 3 is 2.89 bits per heavy atom. The van der Waals surface area contributed by atoms with Gasteiger partial charge in [0.1, 0.15) is 11.8 Å². The van der Waals surface area contributed by atoms with Crippen molar-refractivity contribution in [2.45, 2.75) is 6.42 Å². The van der Waals surface area contributed by atoms with E-state index in [0.29, 0.717) is 30.0 Å². The van der Waals surface area contributed by atoms with Gasteiger partial charge in [-0.3, -0.25) is 4.98 Å². The molecule has 90 valence electrons. The van der Waals surface area contributed by atoms with Crippen molar-refractivity contribution in [2.75, 3.05) is 12.3 Å². The Morgan fingerprint density at radius 2 is 2.17 bits per heavy atom. The third-order valence-corrected chi connectivity index (χ3v) is 2.47. The van der Waals surface area contributed by atoms with Gasteiger partial charge in [-0.15, -0.1) is 0 Å². The Kier molecular flexibility index (Phi) is 3.77. The highest BCUT2D eigenvalue weighted by atomic mass is 16.5. The lowest BCUT2D eigenvalue weighted by molar-refractivity contribution is 0.319. The van der Waals surface area contributed by atoms with Gasteiger partial charge in [0.05, 0.1) is 12.2 Å². The van der Waals surface area contributed by atoms with Crippen molar-refractivity contribution in [2.24, 2.45) is 0 Å². The fraction of sp³-hybridized carbons (Fsp3) is 0.143. The second kappa shape index (κ2) is 5.69. The first-order valence-electron chi connectivity index (χ1n) is 5.62. The van der Waals surface area contributed by atoms with Gasteiger partial charge in [0.15, 0.2) is 0 Å². The molecule has 1 heterocycles. The third-order valence-electron chi connectivity index (χ3n) is 2.47. The van der Waals surface area contributed by atoms with Crippen LogP contribution >= 0.6 is 0 Å². The van der Waals surface area contributed by atoms with E-state index in [1.165, 1.54) is 0 Å². The minimum Gasteiger partial charge on any atom is -0.492 e. The number of hydrogen-bond donors (Lipinski definition) is 1. The van der Waals surface area contributed by atoms with Gasteiger partial charge in [0.2, 0.25) is 0 Å². The molecular formula is C14H13N3O. The maximum absolute atomic E-state index is 8.96. The molecule has 18 heavy (non-hydrogen) atoms. The normalized spacial score (nSPS) is 9.72. The average Bonchev–Trinajstić information content (AvgIpc) is 2.41. The number of aromatic nitrogens is 1. The van der Waals surface area contributed by atoms with Crippen LogP contribution in [0.4, 0.5) is 5.69 Å². The lowest BCUT2D eigenvalue weighted by Gasteiger charge is -2.07. The predicted octanol–water partition coefficient (Wildman–Crippen LogP) is 2.16. The third kappa shape index (κ3) is 2.98. The SMILES string of the molecule is N#Cc1cc(N)ccc1OCCc1ccccn1. The molecule has 4 nitrogen and oxygen atoms in total. The van der Waals surface area contributed by atoms with E-state index < -0.39 is 0 Å². The van der Waals surface area contributed by atoms with E-state index in [1.807, 2.05) is 18.2 Å². The smallest absolute Gasteiger partial charge is 0.137 e. The van der Waals surface area contributed by atoms with E-state index in [0.717, 1.165) is 5.69 Å². The van der Waals surface area contributed by atoms with E-state index in [1.54, 1.807) is 24.4 Å². The van der Waals surface area contributed by atoms with Crippen LogP contribution in [0.1, 0.15) is 11.3 Å². The monoisotopic (exact) mass is 239 g/mol. The van der Waals surface area contributed by atoms with Crippen LogP contribution in [0.15, 0.2) is 42.6 Å². The van der Waals surface area contributed by atoms with Crippen molar-refractivity contribution in [1.82, 2.24) is 4.98 Å². The van der Waals surface area contributed by atoms with Gasteiger partial charge in [0.25, 0.3) is 0 Å². The van der Waals surface area contributed by atoms with Crippen LogP contribution in [0.5, 0.6) is 5.75 Å². The second-order valence-corrected chi connectivity index (χ2v) is 3.79. The van der Waals surface area contributed by atoms with E-state index >= 15 is 0 Å². The lowest BCUT2D eigenvalue weighted by atomic mass is 10.2. The summed E-state index contributed by atoms with van der Waals surface area (Å²) >= 11 is 0. The van der Waals surface area contributed by atoms with Crippen LogP contribution in [-0.2, 0) is 6.42 Å². The number of anilines is 1. The number of nitrogen functional groups attached to an aromatic ring is 1. The quantitative estimate of drug-likeness (QED) is 0.830. The summed E-state index contributed by atoms with van der Waals surface area (Å²) < 4.78 is 5.57. The number of rotatable bonds is 4. The van der Waals surface area contributed by atoms with Gasteiger partial charge in [-0.1, -0.05) is 6.07 Å². The number of hydrogen-bond acceptors (Lipinski definition) is 4. The topological polar surface area (TPSA) is 71.9 Å². The minimum atomic E-state index is 0.455. The summed E-state index contributed by atoms with van der Waals surface area (Å²) in [5, 5.41) is 8.96. The highest BCUT2D eigenvalue weighted by molar-refractivity contribution is 5.53. The molecule has 1 aromatic heterocycles. The summed E-state index contributed by atoms with van der Waals surface area (Å²) in [6.07, 6.45) is 2.45. The van der Waals surface area contributed by atoms with Crippen LogP contribution in [0.25, 0.3) is 0 Å². The van der Waals surface area contributed by atoms with Gasteiger partial charge in [0, 0.05) is 24.0 Å². The van der Waals surface area contributed by atoms with E-state index in [2.05, 4.69) is 11.1 Å². The fourth-order valence-electron chi connectivity index (χ4n) is 1.57. The standard InChI is InChI=1S/C14H13N3O/c15-10-11-9-12(16)4-5-14(11)18-8-6-13-3-1-2-7-17-13/h1-5,7,9H,6,8,16H2. The Bertz CT molecular complexity index is 561. The molecule has 0 amide bonds. The summed E-state index contributed by atoms with van der Waals surface area (Å²) in [6.45, 7) is 0.482. The van der Waals surface area contributed by atoms with E-state index in [9.17, 15) is 0 Å². The molecule has 0 fully saturated rings. The number of nitriles is 1. The average molecular weight is 239 g/mol. The first-order chi connectivity index (χ1) is 8.79. The molecule has 0 spiro atoms. The molecule has 0 saturated heterocycles. The first kappa shape index (κ1) is 11.9. The Balaban J connectivity index is 1.97. The molecule has 0 atom stereocenters. The molecule has 0 aliphatic rings. The molecule has 0 unspecified atom stereocenters. The van der Waals surface area contributed by atoms with Gasteiger partial charge >= 0.3 is 0 Å². The summed E-state index contributed by atoms with van der Waals surface area (Å²) in [5.74, 6) is 0.558. The molecule has 2 rings (SSSR count). The van der Waals surface area contributed by atoms with Crippen molar-refractivity contribution in [1.29, 1.82) is 5.26 Å². The zero-order valence-electron chi connectivity index (χ0n) is 9.84. The van der Waals surface area contributed by atoms with Crippen molar-refractivity contribution < 1.29 is 4.74 Å². The summed E-state index contributed by atoms with van der Waals surface area (Å²) in [5.41, 5.74) is 7.58. The number of nitrogens with two attached hydrogens (primary N) is 1. The molecule has 0 radical (unpaired) electrons. The zero-order chi connectivity index (χ0) is 12.8. The minimum absolute atomic E-state index is 0.455. The molecule has 1 aromatic carbocycles. The molecular weight excluding hydrogens is 226 g/mol. The molecule has 0 aliphatic carbocycles. The van der Waals surface area contributed by atoms with E-state index in [-0.39, 0.29) is 0 Å². The second-order valence-electron chi connectivity index (χ2n) is 3.79. The highest BCUT2D eigenvalue weighted by Crippen LogP contribution is 2.20. The van der Waals surface area contributed by atoms with Gasteiger partial charge in [-0.2, -0.15) is 5.26 Å². The number of pyridine rings is 1. The molecule has 0 bridgehead atoms. The zero-order valence-corrected chi connectivity index (χ0v) is 9.84. The van der Waals surface area contributed by atoms with Gasteiger partial charge in [-0.25, -0.2) is 0 Å². The van der Waals surface area contributed by atoms with Crippen LogP contribution in [-0.4, -0.2) is 11.6 Å². The Hall–Kier alpha value is -2.54. The maximum Gasteiger partial charge on any atom is 0.137 e. The maximum atomic E-state index is 8.96. The number of benzene rings is 1. The first-order valence-corrected chi connectivity index (χ1v) is 5.62. The summed E-state index contributed by atoms with van der Waals surface area (Å²) in [6, 6.07) is 12.9. The summed E-state index contributed by atoms with van der Waals surface area (Å²) in [4.78, 5) is 4.20. The number of nitrogens with zero attached hydrogens (tertiary/aromatic N) is 2. The molecule has 0 aliphatic heterocycles. The molecule has 2 aromatic rings. The molecule has 4 heteroatoms. The Labute approximate surface area is 106 Å². The number of ether oxygens (including phenoxy) is 1. The van der Waals surface area contributed by atoms with E-state index in [4.69, 9.17) is 15.7 Å².